The molecule has 1 aromatic heterocycles. The van der Waals surface area contributed by atoms with Crippen molar-refractivity contribution in [3.63, 3.8) is 0 Å². The van der Waals surface area contributed by atoms with Crippen molar-refractivity contribution in [1.29, 1.82) is 0 Å². The van der Waals surface area contributed by atoms with E-state index in [1.54, 1.807) is 6.33 Å². The van der Waals surface area contributed by atoms with Crippen LogP contribution in [0.5, 0.6) is 0 Å². The summed E-state index contributed by atoms with van der Waals surface area (Å²) in [7, 11) is 0. The number of piperidine rings is 1. The first-order chi connectivity index (χ1) is 7.68. The summed E-state index contributed by atoms with van der Waals surface area (Å²) in [6.45, 7) is 8.30. The average Bonchev–Trinajstić information content (AvgIpc) is 2.67. The Morgan fingerprint density at radius 3 is 2.81 bits per heavy atom. The molecule has 4 heteroatoms. The van der Waals surface area contributed by atoms with E-state index in [9.17, 15) is 5.11 Å². The third kappa shape index (κ3) is 3.61. The molecule has 0 amide bonds. The number of aryl methyl sites for hydroxylation is 1. The van der Waals surface area contributed by atoms with E-state index >= 15 is 0 Å². The number of aliphatic hydroxyl groups is 1. The summed E-state index contributed by atoms with van der Waals surface area (Å²) in [6.07, 6.45) is 5.66. The molecule has 0 bridgehead atoms. The second-order valence-electron chi connectivity index (χ2n) is 4.19. The van der Waals surface area contributed by atoms with Crippen LogP contribution in [0, 0.1) is 6.92 Å². The van der Waals surface area contributed by atoms with Crippen LogP contribution in [0.15, 0.2) is 12.5 Å². The van der Waals surface area contributed by atoms with E-state index in [4.69, 9.17) is 0 Å². The van der Waals surface area contributed by atoms with Crippen LogP contribution in [-0.2, 0) is 6.54 Å². The molecule has 0 aliphatic carbocycles. The summed E-state index contributed by atoms with van der Waals surface area (Å²) in [6, 6.07) is 0. The second kappa shape index (κ2) is 6.01. The largest absolute Gasteiger partial charge is 0.387 e. The van der Waals surface area contributed by atoms with E-state index in [1.807, 2.05) is 31.5 Å². The van der Waals surface area contributed by atoms with Crippen molar-refractivity contribution >= 4 is 0 Å². The van der Waals surface area contributed by atoms with Crippen LogP contribution in [0.2, 0.25) is 0 Å². The van der Waals surface area contributed by atoms with Crippen molar-refractivity contribution in [2.75, 3.05) is 13.1 Å². The van der Waals surface area contributed by atoms with Gasteiger partial charge in [-0.2, -0.15) is 0 Å². The van der Waals surface area contributed by atoms with Crippen LogP contribution in [0.1, 0.15) is 32.4 Å². The van der Waals surface area contributed by atoms with Gasteiger partial charge in [-0.3, -0.25) is 0 Å². The van der Waals surface area contributed by atoms with Crippen molar-refractivity contribution in [3.05, 3.63) is 18.2 Å². The molecule has 1 aliphatic rings. The maximum absolute atomic E-state index is 10.2. The zero-order chi connectivity index (χ0) is 12.0. The summed E-state index contributed by atoms with van der Waals surface area (Å²) in [4.78, 5) is 4.14. The summed E-state index contributed by atoms with van der Waals surface area (Å²) >= 11 is 0. The number of nitrogens with one attached hydrogen (secondary N) is 1. The van der Waals surface area contributed by atoms with Crippen molar-refractivity contribution in [2.24, 2.45) is 0 Å². The van der Waals surface area contributed by atoms with Crippen LogP contribution in [0.25, 0.3) is 0 Å². The van der Waals surface area contributed by atoms with Gasteiger partial charge in [0.1, 0.15) is 0 Å². The van der Waals surface area contributed by atoms with E-state index in [1.165, 1.54) is 0 Å². The highest BCUT2D eigenvalue weighted by Gasteiger charge is 2.29. The van der Waals surface area contributed by atoms with Crippen LogP contribution >= 0.6 is 0 Å². The first-order valence-electron chi connectivity index (χ1n) is 6.09. The minimum Gasteiger partial charge on any atom is -0.387 e. The van der Waals surface area contributed by atoms with Gasteiger partial charge in [0, 0.05) is 12.7 Å². The molecular weight excluding hydrogens is 202 g/mol. The molecule has 1 aromatic rings. The van der Waals surface area contributed by atoms with Gasteiger partial charge in [0.2, 0.25) is 0 Å². The second-order valence-corrected chi connectivity index (χ2v) is 4.19. The Morgan fingerprint density at radius 2 is 2.31 bits per heavy atom. The Labute approximate surface area is 97.7 Å². The summed E-state index contributed by atoms with van der Waals surface area (Å²) in [5.41, 5.74) is 0.406. The van der Waals surface area contributed by atoms with Crippen molar-refractivity contribution in [3.8, 4) is 0 Å². The van der Waals surface area contributed by atoms with Gasteiger partial charge in [-0.25, -0.2) is 4.98 Å². The molecule has 2 N–H and O–H groups in total. The smallest absolute Gasteiger partial charge is 0.0950 e. The highest BCUT2D eigenvalue weighted by molar-refractivity contribution is 4.95. The Kier molecular flexibility index (Phi) is 4.96. The minimum absolute atomic E-state index is 0.592. The lowest BCUT2D eigenvalue weighted by molar-refractivity contribution is 0.000661. The van der Waals surface area contributed by atoms with Gasteiger partial charge >= 0.3 is 0 Å². The van der Waals surface area contributed by atoms with Gasteiger partial charge in [-0.1, -0.05) is 13.8 Å². The number of aromatic nitrogens is 2. The van der Waals surface area contributed by atoms with Crippen molar-refractivity contribution < 1.29 is 5.11 Å². The minimum atomic E-state index is -0.592. The van der Waals surface area contributed by atoms with Crippen molar-refractivity contribution in [2.45, 2.75) is 45.8 Å². The number of rotatable bonds is 2. The van der Waals surface area contributed by atoms with E-state index < -0.39 is 5.60 Å². The maximum Gasteiger partial charge on any atom is 0.0950 e. The van der Waals surface area contributed by atoms with E-state index in [0.29, 0.717) is 13.1 Å². The molecule has 1 atom stereocenters. The Bertz CT molecular complexity index is 303. The molecule has 2 rings (SSSR count). The lowest BCUT2D eigenvalue weighted by atomic mass is 9.94. The van der Waals surface area contributed by atoms with E-state index in [-0.39, 0.29) is 0 Å². The Balaban J connectivity index is 0.000000606. The van der Waals surface area contributed by atoms with Gasteiger partial charge in [-0.15, -0.1) is 0 Å². The van der Waals surface area contributed by atoms with Gasteiger partial charge in [0.05, 0.1) is 24.2 Å². The molecule has 0 aromatic carbocycles. The number of hydrogen-bond donors (Lipinski definition) is 2. The highest BCUT2D eigenvalue weighted by Crippen LogP contribution is 2.18. The molecule has 0 radical (unpaired) electrons. The fraction of sp³-hybridized carbons (Fsp3) is 0.750. The Morgan fingerprint density at radius 1 is 1.56 bits per heavy atom. The predicted molar refractivity (Wildman–Crippen MR) is 65.4 cm³/mol. The average molecular weight is 225 g/mol. The quantitative estimate of drug-likeness (QED) is 0.798. The topological polar surface area (TPSA) is 50.1 Å². The highest BCUT2D eigenvalue weighted by atomic mass is 16.3. The number of β-amino-alcohol motifs (C(OH)–C–C–N with tert-alkyl or cyclic N) is 1. The molecule has 1 unspecified atom stereocenters. The van der Waals surface area contributed by atoms with Gasteiger partial charge in [0.25, 0.3) is 0 Å². The standard InChI is InChI=1S/C10H17N3O.C2H6/c1-9-5-13(8-12-9)7-10(14)3-2-4-11-6-10;1-2/h5,8,11,14H,2-4,6-7H2,1H3;1-2H3. The molecule has 1 fully saturated rings. The van der Waals surface area contributed by atoms with Gasteiger partial charge < -0.3 is 15.0 Å². The van der Waals surface area contributed by atoms with Crippen LogP contribution in [-0.4, -0.2) is 33.3 Å². The molecule has 0 spiro atoms. The zero-order valence-electron chi connectivity index (χ0n) is 10.5. The SMILES string of the molecule is CC.Cc1cn(CC2(O)CCCNC2)cn1. The van der Waals surface area contributed by atoms with Crippen LogP contribution in [0.3, 0.4) is 0 Å². The number of nitrogens with zero attached hydrogens (tertiary/aromatic N) is 2. The fourth-order valence-corrected chi connectivity index (χ4v) is 1.99. The molecule has 0 saturated carbocycles. The lowest BCUT2D eigenvalue weighted by Gasteiger charge is -2.32. The summed E-state index contributed by atoms with van der Waals surface area (Å²) < 4.78 is 1.96. The lowest BCUT2D eigenvalue weighted by Crippen LogP contribution is -2.48. The molecular formula is C12H23N3O. The van der Waals surface area contributed by atoms with E-state index in [0.717, 1.165) is 25.1 Å². The molecule has 16 heavy (non-hydrogen) atoms. The molecule has 92 valence electrons. The first kappa shape index (κ1) is 13.2. The third-order valence-corrected chi connectivity index (χ3v) is 2.69. The number of imidazole rings is 1. The van der Waals surface area contributed by atoms with Crippen molar-refractivity contribution in [1.82, 2.24) is 14.9 Å². The molecule has 2 heterocycles. The molecule has 1 aliphatic heterocycles. The van der Waals surface area contributed by atoms with Crippen LogP contribution in [0.4, 0.5) is 0 Å². The van der Waals surface area contributed by atoms with E-state index in [2.05, 4.69) is 10.3 Å². The first-order valence-corrected chi connectivity index (χ1v) is 6.09. The molecule has 1 saturated heterocycles. The zero-order valence-corrected chi connectivity index (χ0v) is 10.5. The summed E-state index contributed by atoms with van der Waals surface area (Å²) in [5, 5.41) is 13.4. The number of hydrogen-bond acceptors (Lipinski definition) is 3. The fourth-order valence-electron chi connectivity index (χ4n) is 1.99. The molecule has 4 nitrogen and oxygen atoms in total. The third-order valence-electron chi connectivity index (χ3n) is 2.69. The van der Waals surface area contributed by atoms with Crippen LogP contribution < -0.4 is 5.32 Å². The van der Waals surface area contributed by atoms with Gasteiger partial charge in [-0.05, 0) is 26.3 Å². The predicted octanol–water partition coefficient (Wildman–Crippen LogP) is 1.33. The van der Waals surface area contributed by atoms with Gasteiger partial charge in [0.15, 0.2) is 0 Å². The normalized spacial score (nSPS) is 24.8. The maximum atomic E-state index is 10.2. The Hall–Kier alpha value is -0.870. The summed E-state index contributed by atoms with van der Waals surface area (Å²) in [5.74, 6) is 0. The monoisotopic (exact) mass is 225 g/mol.